The molecule has 0 bridgehead atoms. The second-order valence-corrected chi connectivity index (χ2v) is 6.13. The van der Waals surface area contributed by atoms with Gasteiger partial charge in [0, 0.05) is 6.04 Å². The monoisotopic (exact) mass is 282 g/mol. The molecule has 2 amide bonds. The second kappa shape index (κ2) is 7.65. The first-order chi connectivity index (χ1) is 9.47. The van der Waals surface area contributed by atoms with Crippen LogP contribution in [0.15, 0.2) is 0 Å². The highest BCUT2D eigenvalue weighted by atomic mass is 16.2. The van der Waals surface area contributed by atoms with Gasteiger partial charge >= 0.3 is 0 Å². The molecule has 0 spiro atoms. The number of carbonyl (C=O) groups excluding carboxylic acids is 2. The predicted molar refractivity (Wildman–Crippen MR) is 81.3 cm³/mol. The highest BCUT2D eigenvalue weighted by Gasteiger charge is 2.43. The molecule has 1 saturated heterocycles. The maximum atomic E-state index is 12.8. The molecule has 0 aromatic heterocycles. The van der Waals surface area contributed by atoms with Gasteiger partial charge in [-0.2, -0.15) is 0 Å². The molecular weight excluding hydrogens is 252 g/mol. The van der Waals surface area contributed by atoms with Crippen molar-refractivity contribution in [1.29, 1.82) is 0 Å². The molecule has 1 aliphatic heterocycles. The van der Waals surface area contributed by atoms with Crippen molar-refractivity contribution in [3.63, 3.8) is 0 Å². The Hall–Kier alpha value is -1.06. The molecule has 0 aromatic rings. The molecule has 116 valence electrons. The van der Waals surface area contributed by atoms with Crippen LogP contribution in [0.1, 0.15) is 66.7 Å². The van der Waals surface area contributed by atoms with Gasteiger partial charge in [0.05, 0.1) is 0 Å². The van der Waals surface area contributed by atoms with E-state index in [4.69, 9.17) is 0 Å². The van der Waals surface area contributed by atoms with Gasteiger partial charge in [0.2, 0.25) is 11.8 Å². The van der Waals surface area contributed by atoms with Gasteiger partial charge in [0.1, 0.15) is 12.1 Å². The van der Waals surface area contributed by atoms with Crippen LogP contribution in [0, 0.1) is 5.92 Å². The zero-order valence-corrected chi connectivity index (χ0v) is 13.6. The maximum absolute atomic E-state index is 12.8. The van der Waals surface area contributed by atoms with Gasteiger partial charge in [0.15, 0.2) is 0 Å². The number of carbonyl (C=O) groups is 2. The molecule has 3 atom stereocenters. The third kappa shape index (κ3) is 3.53. The average molecular weight is 282 g/mol. The topological polar surface area (TPSA) is 49.4 Å². The lowest BCUT2D eigenvalue weighted by atomic mass is 9.92. The lowest BCUT2D eigenvalue weighted by Crippen LogP contribution is -2.67. The standard InChI is InChI=1S/C16H30N2O2/c1-6-9-12(8-3)18-14(11(4)5)15(19)17-13(10-7-2)16(18)20/h11-14H,6-10H2,1-5H3,(H,17,19). The van der Waals surface area contributed by atoms with E-state index in [2.05, 4.69) is 19.2 Å². The van der Waals surface area contributed by atoms with Crippen LogP contribution >= 0.6 is 0 Å². The Morgan fingerprint density at radius 3 is 2.25 bits per heavy atom. The third-order valence-electron chi connectivity index (χ3n) is 4.13. The van der Waals surface area contributed by atoms with Crippen molar-refractivity contribution in [2.45, 2.75) is 84.8 Å². The van der Waals surface area contributed by atoms with Crippen molar-refractivity contribution in [2.75, 3.05) is 0 Å². The molecule has 1 fully saturated rings. The summed E-state index contributed by atoms with van der Waals surface area (Å²) in [6.07, 6.45) is 4.55. The number of hydrogen-bond acceptors (Lipinski definition) is 2. The van der Waals surface area contributed by atoms with Crippen LogP contribution in [-0.4, -0.2) is 34.8 Å². The molecular formula is C16H30N2O2. The molecule has 1 heterocycles. The number of hydrogen-bond donors (Lipinski definition) is 1. The number of piperazine rings is 1. The van der Waals surface area contributed by atoms with Crippen LogP contribution in [0.2, 0.25) is 0 Å². The molecule has 20 heavy (non-hydrogen) atoms. The lowest BCUT2D eigenvalue weighted by Gasteiger charge is -2.45. The molecule has 0 saturated carbocycles. The smallest absolute Gasteiger partial charge is 0.246 e. The summed E-state index contributed by atoms with van der Waals surface area (Å²) in [6.45, 7) is 10.3. The molecule has 3 unspecified atom stereocenters. The van der Waals surface area contributed by atoms with Crippen LogP contribution in [0.3, 0.4) is 0 Å². The number of nitrogens with zero attached hydrogens (tertiary/aromatic N) is 1. The van der Waals surface area contributed by atoms with E-state index in [9.17, 15) is 9.59 Å². The highest BCUT2D eigenvalue weighted by Crippen LogP contribution is 2.25. The lowest BCUT2D eigenvalue weighted by molar-refractivity contribution is -0.154. The Morgan fingerprint density at radius 1 is 1.15 bits per heavy atom. The SMILES string of the molecule is CCCC1NC(=O)C(C(C)C)N(C(CC)CCC)C1=O. The minimum Gasteiger partial charge on any atom is -0.342 e. The Labute approximate surface area is 123 Å². The molecule has 1 rings (SSSR count). The van der Waals surface area contributed by atoms with E-state index in [1.54, 1.807) is 0 Å². The first-order valence-electron chi connectivity index (χ1n) is 8.10. The number of rotatable bonds is 7. The van der Waals surface area contributed by atoms with Crippen molar-refractivity contribution in [2.24, 2.45) is 5.92 Å². The first-order valence-corrected chi connectivity index (χ1v) is 8.10. The Bertz CT molecular complexity index is 341. The highest BCUT2D eigenvalue weighted by molar-refractivity contribution is 5.97. The van der Waals surface area contributed by atoms with Crippen molar-refractivity contribution >= 4 is 11.8 Å². The van der Waals surface area contributed by atoms with Crippen LogP contribution in [0.25, 0.3) is 0 Å². The molecule has 4 nitrogen and oxygen atoms in total. The van der Waals surface area contributed by atoms with Gasteiger partial charge < -0.3 is 10.2 Å². The van der Waals surface area contributed by atoms with Gasteiger partial charge in [-0.1, -0.05) is 47.5 Å². The number of amides is 2. The molecule has 1 aliphatic rings. The second-order valence-electron chi connectivity index (χ2n) is 6.13. The summed E-state index contributed by atoms with van der Waals surface area (Å²) in [4.78, 5) is 27.1. The summed E-state index contributed by atoms with van der Waals surface area (Å²) in [7, 11) is 0. The van der Waals surface area contributed by atoms with E-state index < -0.39 is 0 Å². The van der Waals surface area contributed by atoms with Crippen LogP contribution < -0.4 is 5.32 Å². The molecule has 4 heteroatoms. The van der Waals surface area contributed by atoms with Gasteiger partial charge in [0.25, 0.3) is 0 Å². The minimum atomic E-state index is -0.326. The summed E-state index contributed by atoms with van der Waals surface area (Å²) in [6, 6.07) is -0.453. The van der Waals surface area contributed by atoms with Crippen molar-refractivity contribution in [3.05, 3.63) is 0 Å². The summed E-state index contributed by atoms with van der Waals surface area (Å²) in [5.41, 5.74) is 0. The van der Waals surface area contributed by atoms with E-state index in [-0.39, 0.29) is 35.9 Å². The Morgan fingerprint density at radius 2 is 1.80 bits per heavy atom. The summed E-state index contributed by atoms with van der Waals surface area (Å²) >= 11 is 0. The van der Waals surface area contributed by atoms with Crippen molar-refractivity contribution < 1.29 is 9.59 Å². The van der Waals surface area contributed by atoms with Crippen LogP contribution in [0.5, 0.6) is 0 Å². The molecule has 0 radical (unpaired) electrons. The average Bonchev–Trinajstić information content (AvgIpc) is 2.39. The predicted octanol–water partition coefficient (Wildman–Crippen LogP) is 2.72. The summed E-state index contributed by atoms with van der Waals surface area (Å²) < 4.78 is 0. The van der Waals surface area contributed by atoms with E-state index in [0.717, 1.165) is 32.1 Å². The van der Waals surface area contributed by atoms with E-state index in [1.807, 2.05) is 25.7 Å². The summed E-state index contributed by atoms with van der Waals surface area (Å²) in [5.74, 6) is 0.283. The fourth-order valence-corrected chi connectivity index (χ4v) is 3.15. The largest absolute Gasteiger partial charge is 0.342 e. The van der Waals surface area contributed by atoms with Gasteiger partial charge in [-0.05, 0) is 25.2 Å². The summed E-state index contributed by atoms with van der Waals surface area (Å²) in [5, 5.41) is 2.92. The van der Waals surface area contributed by atoms with Crippen molar-refractivity contribution in [1.82, 2.24) is 10.2 Å². The zero-order valence-electron chi connectivity index (χ0n) is 13.6. The fraction of sp³-hybridized carbons (Fsp3) is 0.875. The van der Waals surface area contributed by atoms with Crippen LogP contribution in [0.4, 0.5) is 0 Å². The van der Waals surface area contributed by atoms with Gasteiger partial charge in [-0.3, -0.25) is 9.59 Å². The van der Waals surface area contributed by atoms with E-state index in [1.165, 1.54) is 0 Å². The first kappa shape index (κ1) is 17.0. The van der Waals surface area contributed by atoms with E-state index >= 15 is 0 Å². The molecule has 0 aromatic carbocycles. The quantitative estimate of drug-likeness (QED) is 0.780. The van der Waals surface area contributed by atoms with Crippen LogP contribution in [-0.2, 0) is 9.59 Å². The molecule has 0 aliphatic carbocycles. The normalized spacial score (nSPS) is 25.0. The molecule has 1 N–H and O–H groups in total. The Balaban J connectivity index is 3.06. The Kier molecular flexibility index (Phi) is 6.50. The van der Waals surface area contributed by atoms with Crippen molar-refractivity contribution in [3.8, 4) is 0 Å². The third-order valence-corrected chi connectivity index (χ3v) is 4.13. The maximum Gasteiger partial charge on any atom is 0.246 e. The van der Waals surface area contributed by atoms with Gasteiger partial charge in [-0.25, -0.2) is 0 Å². The number of nitrogens with one attached hydrogen (secondary N) is 1. The zero-order chi connectivity index (χ0) is 15.3. The van der Waals surface area contributed by atoms with E-state index in [0.29, 0.717) is 0 Å². The minimum absolute atomic E-state index is 0.0209. The van der Waals surface area contributed by atoms with Gasteiger partial charge in [-0.15, -0.1) is 0 Å². The fourth-order valence-electron chi connectivity index (χ4n) is 3.15.